The SMILES string of the molecule is COc1cccc(-n2cc(C)n(C)c2=O)c1. The Labute approximate surface area is 93.7 Å². The fourth-order valence-electron chi connectivity index (χ4n) is 1.59. The Balaban J connectivity index is 2.58. The Morgan fingerprint density at radius 1 is 1.31 bits per heavy atom. The van der Waals surface area contributed by atoms with E-state index in [4.69, 9.17) is 4.74 Å². The molecule has 0 unspecified atom stereocenters. The van der Waals surface area contributed by atoms with E-state index >= 15 is 0 Å². The molecule has 0 bridgehead atoms. The van der Waals surface area contributed by atoms with Gasteiger partial charge in [0.25, 0.3) is 0 Å². The summed E-state index contributed by atoms with van der Waals surface area (Å²) in [5.41, 5.74) is 1.69. The van der Waals surface area contributed by atoms with Crippen molar-refractivity contribution in [2.24, 2.45) is 7.05 Å². The maximum absolute atomic E-state index is 11.9. The van der Waals surface area contributed by atoms with Gasteiger partial charge >= 0.3 is 5.69 Å². The summed E-state index contributed by atoms with van der Waals surface area (Å²) in [6.45, 7) is 1.90. The monoisotopic (exact) mass is 218 g/mol. The van der Waals surface area contributed by atoms with Gasteiger partial charge in [-0.2, -0.15) is 0 Å². The van der Waals surface area contributed by atoms with Crippen molar-refractivity contribution < 1.29 is 4.74 Å². The molecule has 0 saturated heterocycles. The van der Waals surface area contributed by atoms with Gasteiger partial charge in [-0.1, -0.05) is 6.07 Å². The minimum absolute atomic E-state index is 0.0502. The summed E-state index contributed by atoms with van der Waals surface area (Å²) in [7, 11) is 3.37. The van der Waals surface area contributed by atoms with E-state index in [2.05, 4.69) is 0 Å². The standard InChI is InChI=1S/C12H14N2O2/c1-9-8-14(12(15)13(9)2)10-5-4-6-11(7-10)16-3/h4-8H,1-3H3. The summed E-state index contributed by atoms with van der Waals surface area (Å²) < 4.78 is 8.35. The van der Waals surface area contributed by atoms with Crippen molar-refractivity contribution in [2.75, 3.05) is 7.11 Å². The van der Waals surface area contributed by atoms with E-state index in [0.29, 0.717) is 0 Å². The zero-order chi connectivity index (χ0) is 11.7. The van der Waals surface area contributed by atoms with Crippen LogP contribution in [-0.4, -0.2) is 16.2 Å². The first-order chi connectivity index (χ1) is 7.63. The number of ether oxygens (including phenoxy) is 1. The number of aryl methyl sites for hydroxylation is 1. The smallest absolute Gasteiger partial charge is 0.332 e. The molecule has 84 valence electrons. The van der Waals surface area contributed by atoms with Crippen LogP contribution in [0, 0.1) is 6.92 Å². The Morgan fingerprint density at radius 2 is 2.06 bits per heavy atom. The highest BCUT2D eigenvalue weighted by atomic mass is 16.5. The molecule has 2 aromatic rings. The van der Waals surface area contributed by atoms with Crippen LogP contribution in [0.4, 0.5) is 0 Å². The van der Waals surface area contributed by atoms with Gasteiger partial charge in [-0.15, -0.1) is 0 Å². The Morgan fingerprint density at radius 3 is 2.62 bits per heavy atom. The normalized spacial score (nSPS) is 10.4. The fraction of sp³-hybridized carbons (Fsp3) is 0.250. The van der Waals surface area contributed by atoms with Crippen molar-refractivity contribution in [3.8, 4) is 11.4 Å². The number of methoxy groups -OCH3 is 1. The van der Waals surface area contributed by atoms with Gasteiger partial charge in [-0.25, -0.2) is 4.79 Å². The molecule has 0 aliphatic rings. The van der Waals surface area contributed by atoms with E-state index in [1.165, 1.54) is 0 Å². The lowest BCUT2D eigenvalue weighted by atomic mass is 10.3. The summed E-state index contributed by atoms with van der Waals surface area (Å²) in [4.78, 5) is 11.9. The first-order valence-corrected chi connectivity index (χ1v) is 5.03. The highest BCUT2D eigenvalue weighted by Crippen LogP contribution is 2.15. The van der Waals surface area contributed by atoms with Gasteiger partial charge in [0.15, 0.2) is 0 Å². The molecule has 2 rings (SSSR count). The van der Waals surface area contributed by atoms with E-state index in [-0.39, 0.29) is 5.69 Å². The maximum atomic E-state index is 11.9. The molecule has 0 N–H and O–H groups in total. The molecule has 1 aromatic carbocycles. The zero-order valence-corrected chi connectivity index (χ0v) is 9.60. The van der Waals surface area contributed by atoms with E-state index < -0.39 is 0 Å². The molecule has 0 saturated carbocycles. The number of hydrogen-bond acceptors (Lipinski definition) is 2. The van der Waals surface area contributed by atoms with Crippen LogP contribution in [0.3, 0.4) is 0 Å². The van der Waals surface area contributed by atoms with Crippen molar-refractivity contribution in [1.82, 2.24) is 9.13 Å². The van der Waals surface area contributed by atoms with Crippen molar-refractivity contribution in [3.63, 3.8) is 0 Å². The van der Waals surface area contributed by atoms with Gasteiger partial charge in [0.1, 0.15) is 5.75 Å². The minimum Gasteiger partial charge on any atom is -0.497 e. The number of benzene rings is 1. The average molecular weight is 218 g/mol. The van der Waals surface area contributed by atoms with Crippen LogP contribution in [0.2, 0.25) is 0 Å². The lowest BCUT2D eigenvalue weighted by molar-refractivity contribution is 0.414. The third-order valence-corrected chi connectivity index (χ3v) is 2.67. The van der Waals surface area contributed by atoms with Gasteiger partial charge in [0, 0.05) is 25.0 Å². The predicted molar refractivity (Wildman–Crippen MR) is 62.3 cm³/mol. The second kappa shape index (κ2) is 3.89. The molecule has 1 aromatic heterocycles. The number of nitrogens with zero attached hydrogens (tertiary/aromatic N) is 2. The van der Waals surface area contributed by atoms with Gasteiger partial charge in [0.2, 0.25) is 0 Å². The summed E-state index contributed by atoms with van der Waals surface area (Å²) >= 11 is 0. The third kappa shape index (κ3) is 1.62. The fourth-order valence-corrected chi connectivity index (χ4v) is 1.59. The lowest BCUT2D eigenvalue weighted by Gasteiger charge is -2.03. The quantitative estimate of drug-likeness (QED) is 0.765. The zero-order valence-electron chi connectivity index (χ0n) is 9.60. The van der Waals surface area contributed by atoms with E-state index in [9.17, 15) is 4.79 Å². The molecule has 0 spiro atoms. The van der Waals surface area contributed by atoms with Gasteiger partial charge in [-0.3, -0.25) is 9.13 Å². The molecule has 0 fully saturated rings. The molecule has 0 radical (unpaired) electrons. The number of hydrogen-bond donors (Lipinski definition) is 0. The summed E-state index contributed by atoms with van der Waals surface area (Å²) in [6.07, 6.45) is 1.82. The van der Waals surface area contributed by atoms with Gasteiger partial charge in [-0.05, 0) is 19.1 Å². The second-order valence-electron chi connectivity index (χ2n) is 3.68. The first-order valence-electron chi connectivity index (χ1n) is 5.03. The topological polar surface area (TPSA) is 36.2 Å². The summed E-state index contributed by atoms with van der Waals surface area (Å²) in [5.74, 6) is 0.742. The van der Waals surface area contributed by atoms with E-state index in [1.54, 1.807) is 23.3 Å². The number of imidazole rings is 1. The summed E-state index contributed by atoms with van der Waals surface area (Å²) in [5, 5.41) is 0. The Kier molecular flexibility index (Phi) is 2.56. The lowest BCUT2D eigenvalue weighted by Crippen LogP contribution is -2.21. The predicted octanol–water partition coefficient (Wildman–Crippen LogP) is 1.49. The Hall–Kier alpha value is -1.97. The number of rotatable bonds is 2. The molecular formula is C12H14N2O2. The highest BCUT2D eigenvalue weighted by Gasteiger charge is 2.06. The van der Waals surface area contributed by atoms with Crippen molar-refractivity contribution in [1.29, 1.82) is 0 Å². The largest absolute Gasteiger partial charge is 0.497 e. The van der Waals surface area contributed by atoms with Crippen LogP contribution in [0.1, 0.15) is 5.69 Å². The van der Waals surface area contributed by atoms with Crippen LogP contribution in [0.15, 0.2) is 35.3 Å². The molecule has 0 atom stereocenters. The highest BCUT2D eigenvalue weighted by molar-refractivity contribution is 5.39. The molecule has 1 heterocycles. The number of aromatic nitrogens is 2. The molecule has 0 amide bonds. The average Bonchev–Trinajstić information content (AvgIpc) is 2.57. The summed E-state index contributed by atoms with van der Waals surface area (Å²) in [6, 6.07) is 7.43. The van der Waals surface area contributed by atoms with Crippen LogP contribution in [0.25, 0.3) is 5.69 Å². The van der Waals surface area contributed by atoms with Gasteiger partial charge < -0.3 is 4.74 Å². The van der Waals surface area contributed by atoms with Crippen molar-refractivity contribution in [2.45, 2.75) is 6.92 Å². The molecular weight excluding hydrogens is 204 g/mol. The second-order valence-corrected chi connectivity index (χ2v) is 3.68. The molecule has 16 heavy (non-hydrogen) atoms. The molecule has 0 aliphatic carbocycles. The van der Waals surface area contributed by atoms with Crippen LogP contribution in [0.5, 0.6) is 5.75 Å². The minimum atomic E-state index is -0.0502. The van der Waals surface area contributed by atoms with Gasteiger partial charge in [0.05, 0.1) is 12.8 Å². The molecule has 0 aliphatic heterocycles. The van der Waals surface area contributed by atoms with Crippen molar-refractivity contribution in [3.05, 3.63) is 46.6 Å². The maximum Gasteiger partial charge on any atom is 0.332 e. The molecule has 4 heteroatoms. The van der Waals surface area contributed by atoms with Crippen LogP contribution >= 0.6 is 0 Å². The Bertz CT molecular complexity index is 567. The van der Waals surface area contributed by atoms with Crippen LogP contribution < -0.4 is 10.4 Å². The van der Waals surface area contributed by atoms with E-state index in [1.807, 2.05) is 37.4 Å². The van der Waals surface area contributed by atoms with Crippen molar-refractivity contribution >= 4 is 0 Å². The molecule has 4 nitrogen and oxygen atoms in total. The first kappa shape index (κ1) is 10.5. The third-order valence-electron chi connectivity index (χ3n) is 2.67. The van der Waals surface area contributed by atoms with E-state index in [0.717, 1.165) is 17.1 Å². The van der Waals surface area contributed by atoms with Crippen LogP contribution in [-0.2, 0) is 7.05 Å².